The Morgan fingerprint density at radius 3 is 2.52 bits per heavy atom. The molecule has 0 radical (unpaired) electrons. The Bertz CT molecular complexity index is 1340. The van der Waals surface area contributed by atoms with Crippen LogP contribution in [0, 0.1) is 0 Å². The molecule has 0 aliphatic carbocycles. The van der Waals surface area contributed by atoms with E-state index in [0.717, 1.165) is 23.8 Å². The number of fused-ring (bicyclic) bond motifs is 2. The molecule has 4 aromatic rings. The molecule has 5 rings (SSSR count). The number of rotatable bonds is 4. The van der Waals surface area contributed by atoms with Crippen LogP contribution in [0.1, 0.15) is 22.5 Å². The van der Waals surface area contributed by atoms with Gasteiger partial charge in [-0.3, -0.25) is 9.10 Å². The van der Waals surface area contributed by atoms with Crippen LogP contribution in [0.15, 0.2) is 88.2 Å². The minimum atomic E-state index is -3.69. The molecule has 0 saturated carbocycles. The van der Waals surface area contributed by atoms with Crippen molar-refractivity contribution in [3.8, 4) is 0 Å². The number of benzene rings is 3. The van der Waals surface area contributed by atoms with Gasteiger partial charge in [0.2, 0.25) is 0 Å². The lowest BCUT2D eigenvalue weighted by atomic mass is 10.0. The van der Waals surface area contributed by atoms with E-state index in [1.54, 1.807) is 54.6 Å². The summed E-state index contributed by atoms with van der Waals surface area (Å²) in [5.74, 6) is -0.183. The Balaban J connectivity index is 1.46. The fourth-order valence-electron chi connectivity index (χ4n) is 3.87. The molecule has 1 aromatic heterocycles. The van der Waals surface area contributed by atoms with E-state index in [9.17, 15) is 13.2 Å². The van der Waals surface area contributed by atoms with Crippen molar-refractivity contribution < 1.29 is 17.6 Å². The molecule has 0 bridgehead atoms. The third-order valence-corrected chi connectivity index (χ3v) is 7.23. The van der Waals surface area contributed by atoms with Gasteiger partial charge in [0, 0.05) is 17.6 Å². The number of carbonyl (C=O) groups is 1. The summed E-state index contributed by atoms with van der Waals surface area (Å²) in [6.07, 6.45) is 1.53. The number of nitrogens with zero attached hydrogens (tertiary/aromatic N) is 1. The lowest BCUT2D eigenvalue weighted by molar-refractivity contribution is 0.0998. The SMILES string of the molecule is O=C(Nc1ccc2c(c1)N(S(=O)(=O)c1ccccc1)CCC2)c1cc2ccccc2o1. The van der Waals surface area contributed by atoms with E-state index >= 15 is 0 Å². The van der Waals surface area contributed by atoms with Gasteiger partial charge in [0.05, 0.1) is 10.6 Å². The van der Waals surface area contributed by atoms with Crippen molar-refractivity contribution in [1.82, 2.24) is 0 Å². The van der Waals surface area contributed by atoms with Gasteiger partial charge in [-0.25, -0.2) is 8.42 Å². The molecule has 0 fully saturated rings. The molecule has 31 heavy (non-hydrogen) atoms. The first-order valence-electron chi connectivity index (χ1n) is 10.0. The Hall–Kier alpha value is -3.58. The Kier molecular flexibility index (Phi) is 4.75. The minimum Gasteiger partial charge on any atom is -0.451 e. The first kappa shape index (κ1) is 19.4. The van der Waals surface area contributed by atoms with Crippen molar-refractivity contribution in [3.05, 3.63) is 90.2 Å². The van der Waals surface area contributed by atoms with Crippen LogP contribution < -0.4 is 9.62 Å². The van der Waals surface area contributed by atoms with E-state index in [1.165, 1.54) is 4.31 Å². The van der Waals surface area contributed by atoms with Crippen LogP contribution in [0.5, 0.6) is 0 Å². The van der Waals surface area contributed by atoms with Gasteiger partial charge in [0.1, 0.15) is 5.58 Å². The molecule has 1 N–H and O–H groups in total. The number of carbonyl (C=O) groups excluding carboxylic acids is 1. The molecule has 1 aliphatic rings. The average molecular weight is 433 g/mol. The quantitative estimate of drug-likeness (QED) is 0.501. The highest BCUT2D eigenvalue weighted by Crippen LogP contribution is 2.34. The highest BCUT2D eigenvalue weighted by atomic mass is 32.2. The van der Waals surface area contributed by atoms with Crippen molar-refractivity contribution in [1.29, 1.82) is 0 Å². The summed E-state index contributed by atoms with van der Waals surface area (Å²) < 4.78 is 33.5. The number of sulfonamides is 1. The van der Waals surface area contributed by atoms with Gasteiger partial charge in [-0.1, -0.05) is 42.5 Å². The number of furan rings is 1. The van der Waals surface area contributed by atoms with Gasteiger partial charge >= 0.3 is 0 Å². The molecule has 156 valence electrons. The Morgan fingerprint density at radius 2 is 1.71 bits per heavy atom. The summed E-state index contributed by atoms with van der Waals surface area (Å²) in [6.45, 7) is 0.394. The second-order valence-electron chi connectivity index (χ2n) is 7.44. The molecule has 7 heteroatoms. The number of hydrogen-bond donors (Lipinski definition) is 1. The zero-order chi connectivity index (χ0) is 21.4. The summed E-state index contributed by atoms with van der Waals surface area (Å²) in [6, 6.07) is 22.9. The highest BCUT2D eigenvalue weighted by molar-refractivity contribution is 7.92. The monoisotopic (exact) mass is 432 g/mol. The van der Waals surface area contributed by atoms with Crippen LogP contribution in [0.2, 0.25) is 0 Å². The summed E-state index contributed by atoms with van der Waals surface area (Å²) in [5, 5.41) is 3.67. The van der Waals surface area contributed by atoms with E-state index < -0.39 is 10.0 Å². The second-order valence-corrected chi connectivity index (χ2v) is 9.30. The number of aryl methyl sites for hydroxylation is 1. The first-order valence-corrected chi connectivity index (χ1v) is 11.5. The number of nitrogens with one attached hydrogen (secondary N) is 1. The molecule has 1 amide bonds. The van der Waals surface area contributed by atoms with Gasteiger partial charge in [-0.2, -0.15) is 0 Å². The average Bonchev–Trinajstić information content (AvgIpc) is 3.24. The molecule has 0 spiro atoms. The van der Waals surface area contributed by atoms with Gasteiger partial charge < -0.3 is 9.73 Å². The molecule has 6 nitrogen and oxygen atoms in total. The fraction of sp³-hybridized carbons (Fsp3) is 0.125. The molecule has 2 heterocycles. The fourth-order valence-corrected chi connectivity index (χ4v) is 5.43. The lowest BCUT2D eigenvalue weighted by Crippen LogP contribution is -2.35. The van der Waals surface area contributed by atoms with Gasteiger partial charge in [-0.05, 0) is 54.8 Å². The predicted octanol–water partition coefficient (Wildman–Crippen LogP) is 4.83. The predicted molar refractivity (Wildman–Crippen MR) is 120 cm³/mol. The number of anilines is 2. The summed E-state index contributed by atoms with van der Waals surface area (Å²) in [7, 11) is -3.69. The van der Waals surface area contributed by atoms with Crippen LogP contribution in [0.4, 0.5) is 11.4 Å². The normalized spacial score (nSPS) is 13.7. The molecule has 3 aromatic carbocycles. The zero-order valence-corrected chi connectivity index (χ0v) is 17.4. The molecular weight excluding hydrogens is 412 g/mol. The number of hydrogen-bond acceptors (Lipinski definition) is 4. The minimum absolute atomic E-state index is 0.202. The smallest absolute Gasteiger partial charge is 0.291 e. The van der Waals surface area contributed by atoms with Gasteiger partial charge in [0.15, 0.2) is 5.76 Å². The van der Waals surface area contributed by atoms with E-state index in [1.807, 2.05) is 24.3 Å². The Morgan fingerprint density at radius 1 is 0.935 bits per heavy atom. The van der Waals surface area contributed by atoms with Crippen molar-refractivity contribution in [2.75, 3.05) is 16.2 Å². The maximum atomic E-state index is 13.2. The highest BCUT2D eigenvalue weighted by Gasteiger charge is 2.29. The van der Waals surface area contributed by atoms with E-state index in [0.29, 0.717) is 23.5 Å². The summed E-state index contributed by atoms with van der Waals surface area (Å²) in [5.41, 5.74) is 2.68. The van der Waals surface area contributed by atoms with Crippen LogP contribution in [0.3, 0.4) is 0 Å². The standard InChI is InChI=1S/C24H20N2O4S/c27-24(23-15-18-7-4-5-11-22(18)30-23)25-19-13-12-17-8-6-14-26(21(17)16-19)31(28,29)20-9-2-1-3-10-20/h1-5,7,9-13,15-16H,6,8,14H2,(H,25,27). The second kappa shape index (κ2) is 7.59. The number of amides is 1. The maximum absolute atomic E-state index is 13.2. The summed E-state index contributed by atoms with van der Waals surface area (Å²) >= 11 is 0. The number of para-hydroxylation sites is 1. The summed E-state index contributed by atoms with van der Waals surface area (Å²) in [4.78, 5) is 13.0. The topological polar surface area (TPSA) is 79.6 Å². The maximum Gasteiger partial charge on any atom is 0.291 e. The van der Waals surface area contributed by atoms with Crippen molar-refractivity contribution in [2.24, 2.45) is 0 Å². The Labute approximate surface area is 180 Å². The zero-order valence-electron chi connectivity index (χ0n) is 16.6. The molecule has 0 saturated heterocycles. The van der Waals surface area contributed by atoms with Crippen LogP contribution >= 0.6 is 0 Å². The van der Waals surface area contributed by atoms with Gasteiger partial charge in [0.25, 0.3) is 15.9 Å². The van der Waals surface area contributed by atoms with E-state index in [4.69, 9.17) is 4.42 Å². The molecule has 0 unspecified atom stereocenters. The van der Waals surface area contributed by atoms with Crippen LogP contribution in [-0.2, 0) is 16.4 Å². The third-order valence-electron chi connectivity index (χ3n) is 5.40. The van der Waals surface area contributed by atoms with E-state index in [-0.39, 0.29) is 16.6 Å². The van der Waals surface area contributed by atoms with Crippen LogP contribution in [-0.4, -0.2) is 20.9 Å². The lowest BCUT2D eigenvalue weighted by Gasteiger charge is -2.31. The third kappa shape index (κ3) is 3.57. The van der Waals surface area contributed by atoms with Crippen molar-refractivity contribution >= 4 is 38.3 Å². The van der Waals surface area contributed by atoms with Crippen LogP contribution in [0.25, 0.3) is 11.0 Å². The first-order chi connectivity index (χ1) is 15.0. The molecule has 1 aliphatic heterocycles. The van der Waals surface area contributed by atoms with Crippen molar-refractivity contribution in [3.63, 3.8) is 0 Å². The van der Waals surface area contributed by atoms with Gasteiger partial charge in [-0.15, -0.1) is 0 Å². The van der Waals surface area contributed by atoms with E-state index in [2.05, 4.69) is 5.32 Å². The van der Waals surface area contributed by atoms with Crippen molar-refractivity contribution in [2.45, 2.75) is 17.7 Å². The molecular formula is C24H20N2O4S. The molecule has 0 atom stereocenters. The largest absolute Gasteiger partial charge is 0.451 e.